The van der Waals surface area contributed by atoms with E-state index in [1.807, 2.05) is 36.4 Å². The minimum Gasteiger partial charge on any atom is -0.480 e. The Kier molecular flexibility index (Phi) is 8.98. The Morgan fingerprint density at radius 1 is 0.929 bits per heavy atom. The summed E-state index contributed by atoms with van der Waals surface area (Å²) in [5.41, 5.74) is 0. The zero-order valence-corrected chi connectivity index (χ0v) is 17.0. The molecule has 1 atom stereocenters. The molecule has 0 spiro atoms. The second-order valence-electron chi connectivity index (χ2n) is 5.99. The summed E-state index contributed by atoms with van der Waals surface area (Å²) >= 11 is 3.88. The highest BCUT2D eigenvalue weighted by Gasteiger charge is 2.19. The van der Waals surface area contributed by atoms with Crippen LogP contribution in [-0.2, 0) is 14.4 Å². The highest BCUT2D eigenvalue weighted by molar-refractivity contribution is 7.80. The maximum absolute atomic E-state index is 12.2. The van der Waals surface area contributed by atoms with Gasteiger partial charge in [0.05, 0.1) is 6.54 Å². The summed E-state index contributed by atoms with van der Waals surface area (Å²) < 4.78 is 0. The molecule has 0 saturated heterocycles. The lowest BCUT2D eigenvalue weighted by atomic mass is 10.3. The molecular weight excluding hydrogens is 395 g/mol. The van der Waals surface area contributed by atoms with Crippen molar-refractivity contribution in [2.75, 3.05) is 18.5 Å². The van der Waals surface area contributed by atoms with Crippen LogP contribution in [0.15, 0.2) is 60.7 Å². The minimum absolute atomic E-state index is 0.0204. The predicted octanol–water partition coefficient (Wildman–Crippen LogP) is 1.12. The number of benzene rings is 2. The van der Waals surface area contributed by atoms with Crippen molar-refractivity contribution in [1.82, 2.24) is 10.6 Å². The van der Waals surface area contributed by atoms with Crippen molar-refractivity contribution >= 4 is 48.9 Å². The second kappa shape index (κ2) is 11.5. The van der Waals surface area contributed by atoms with Gasteiger partial charge in [-0.15, -0.1) is 0 Å². The lowest BCUT2D eigenvalue weighted by Crippen LogP contribution is -2.46. The number of hydrogen-bond acceptors (Lipinski definition) is 4. The zero-order chi connectivity index (χ0) is 20.4. The van der Waals surface area contributed by atoms with E-state index in [4.69, 9.17) is 5.11 Å². The molecule has 2 aromatic carbocycles. The third-order valence-electron chi connectivity index (χ3n) is 3.96. The van der Waals surface area contributed by atoms with Gasteiger partial charge < -0.3 is 15.7 Å². The number of thiol groups is 1. The van der Waals surface area contributed by atoms with E-state index in [0.29, 0.717) is 6.16 Å². The Hall–Kier alpha value is -2.37. The van der Waals surface area contributed by atoms with E-state index in [2.05, 4.69) is 47.5 Å². The van der Waals surface area contributed by atoms with Crippen LogP contribution in [0.5, 0.6) is 0 Å². The number of hydrogen-bond donors (Lipinski definition) is 4. The maximum Gasteiger partial charge on any atom is 0.327 e. The van der Waals surface area contributed by atoms with Crippen LogP contribution in [0.2, 0.25) is 0 Å². The fourth-order valence-corrected chi connectivity index (χ4v) is 5.09. The van der Waals surface area contributed by atoms with E-state index in [0.717, 1.165) is 0 Å². The molecule has 2 amide bonds. The van der Waals surface area contributed by atoms with Crippen molar-refractivity contribution in [2.24, 2.45) is 0 Å². The van der Waals surface area contributed by atoms with E-state index in [1.165, 1.54) is 10.6 Å². The van der Waals surface area contributed by atoms with Gasteiger partial charge in [0.15, 0.2) is 0 Å². The van der Waals surface area contributed by atoms with Crippen LogP contribution >= 0.6 is 20.6 Å². The molecule has 2 aromatic rings. The van der Waals surface area contributed by atoms with Gasteiger partial charge >= 0.3 is 5.97 Å². The molecule has 0 aliphatic carbocycles. The molecule has 0 saturated carbocycles. The SMILES string of the molecule is O=C(CCP(c1ccccc1)c1ccccc1)NCC(=O)N[C@@H](CS)C(=O)O. The number of carboxylic acid groups (broad SMARTS) is 1. The first-order valence-corrected chi connectivity index (χ1v) is 10.9. The summed E-state index contributed by atoms with van der Waals surface area (Å²) in [6, 6.07) is 19.0. The fraction of sp³-hybridized carbons (Fsp3) is 0.250. The zero-order valence-electron chi connectivity index (χ0n) is 15.2. The molecular formula is C20H23N2O4PS. The van der Waals surface area contributed by atoms with E-state index in [9.17, 15) is 14.4 Å². The van der Waals surface area contributed by atoms with Crippen LogP contribution in [0.1, 0.15) is 6.42 Å². The predicted molar refractivity (Wildman–Crippen MR) is 115 cm³/mol. The standard InChI is InChI=1S/C20H23N2O4PS/c23-18(21-13-19(24)22-17(14-28)20(25)26)11-12-27(15-7-3-1-4-8-15)16-9-5-2-6-10-16/h1-10,17,28H,11-14H2,(H,21,23)(H,22,24)(H,25,26)/t17-/m0/s1. The van der Waals surface area contributed by atoms with Crippen LogP contribution in [0.25, 0.3) is 0 Å². The quantitative estimate of drug-likeness (QED) is 0.344. The van der Waals surface area contributed by atoms with Crippen molar-refractivity contribution in [3.63, 3.8) is 0 Å². The van der Waals surface area contributed by atoms with Gasteiger partial charge in [-0.25, -0.2) is 4.79 Å². The van der Waals surface area contributed by atoms with Crippen LogP contribution in [0.4, 0.5) is 0 Å². The molecule has 8 heteroatoms. The van der Waals surface area contributed by atoms with Gasteiger partial charge in [-0.3, -0.25) is 9.59 Å². The van der Waals surface area contributed by atoms with Crippen LogP contribution in [0, 0.1) is 0 Å². The molecule has 0 unspecified atom stereocenters. The molecule has 0 aromatic heterocycles. The Morgan fingerprint density at radius 3 is 1.93 bits per heavy atom. The molecule has 148 valence electrons. The van der Waals surface area contributed by atoms with Crippen molar-refractivity contribution in [1.29, 1.82) is 0 Å². The summed E-state index contributed by atoms with van der Waals surface area (Å²) in [5, 5.41) is 16.2. The fourth-order valence-electron chi connectivity index (χ4n) is 2.53. The Balaban J connectivity index is 1.90. The summed E-state index contributed by atoms with van der Waals surface area (Å²) in [4.78, 5) is 34.9. The molecule has 0 fully saturated rings. The van der Waals surface area contributed by atoms with E-state index in [1.54, 1.807) is 0 Å². The van der Waals surface area contributed by atoms with E-state index >= 15 is 0 Å². The summed E-state index contributed by atoms with van der Waals surface area (Å²) in [6.45, 7) is -0.259. The Bertz CT molecular complexity index is 750. The van der Waals surface area contributed by atoms with Crippen LogP contribution in [0.3, 0.4) is 0 Å². The molecule has 3 N–H and O–H groups in total. The number of carbonyl (C=O) groups excluding carboxylic acids is 2. The topological polar surface area (TPSA) is 95.5 Å². The molecule has 0 bridgehead atoms. The lowest BCUT2D eigenvalue weighted by molar-refractivity contribution is -0.141. The van der Waals surface area contributed by atoms with Gasteiger partial charge in [-0.05, 0) is 24.7 Å². The normalized spacial score (nSPS) is 11.6. The first kappa shape index (κ1) is 21.9. The van der Waals surface area contributed by atoms with Crippen molar-refractivity contribution in [3.05, 3.63) is 60.7 Å². The Morgan fingerprint density at radius 2 is 1.46 bits per heavy atom. The smallest absolute Gasteiger partial charge is 0.327 e. The van der Waals surface area contributed by atoms with Gasteiger partial charge in [0.1, 0.15) is 6.04 Å². The van der Waals surface area contributed by atoms with E-state index < -0.39 is 25.8 Å². The van der Waals surface area contributed by atoms with Crippen molar-refractivity contribution < 1.29 is 19.5 Å². The summed E-state index contributed by atoms with van der Waals surface area (Å²) in [7, 11) is -0.684. The highest BCUT2D eigenvalue weighted by atomic mass is 32.1. The number of carboxylic acids is 1. The van der Waals surface area contributed by atoms with Gasteiger partial charge in [0.2, 0.25) is 11.8 Å². The third kappa shape index (κ3) is 6.98. The molecule has 0 heterocycles. The maximum atomic E-state index is 12.2. The van der Waals surface area contributed by atoms with Gasteiger partial charge in [0, 0.05) is 12.2 Å². The van der Waals surface area contributed by atoms with Gasteiger partial charge in [0.25, 0.3) is 0 Å². The van der Waals surface area contributed by atoms with Crippen LogP contribution in [-0.4, -0.2) is 47.4 Å². The third-order valence-corrected chi connectivity index (χ3v) is 6.84. The number of carbonyl (C=O) groups is 3. The first-order chi connectivity index (χ1) is 13.5. The number of amides is 2. The number of rotatable bonds is 10. The van der Waals surface area contributed by atoms with Crippen molar-refractivity contribution in [2.45, 2.75) is 12.5 Å². The van der Waals surface area contributed by atoms with Gasteiger partial charge in [-0.1, -0.05) is 60.7 Å². The van der Waals surface area contributed by atoms with E-state index in [-0.39, 0.29) is 24.6 Å². The molecule has 28 heavy (non-hydrogen) atoms. The molecule has 6 nitrogen and oxygen atoms in total. The number of nitrogens with one attached hydrogen (secondary N) is 2. The Labute approximate surface area is 170 Å². The molecule has 0 aliphatic rings. The molecule has 0 radical (unpaired) electrons. The highest BCUT2D eigenvalue weighted by Crippen LogP contribution is 2.33. The summed E-state index contributed by atoms with van der Waals surface area (Å²) in [5.74, 6) is -1.98. The van der Waals surface area contributed by atoms with Crippen molar-refractivity contribution in [3.8, 4) is 0 Å². The second-order valence-corrected chi connectivity index (χ2v) is 8.69. The van der Waals surface area contributed by atoms with Gasteiger partial charge in [-0.2, -0.15) is 12.6 Å². The lowest BCUT2D eigenvalue weighted by Gasteiger charge is -2.18. The van der Waals surface area contributed by atoms with Crippen LogP contribution < -0.4 is 21.2 Å². The first-order valence-electron chi connectivity index (χ1n) is 8.78. The molecule has 2 rings (SSSR count). The minimum atomic E-state index is -1.16. The number of aliphatic carboxylic acids is 1. The molecule has 0 aliphatic heterocycles. The monoisotopic (exact) mass is 418 g/mol. The largest absolute Gasteiger partial charge is 0.480 e. The average molecular weight is 418 g/mol. The average Bonchev–Trinajstić information content (AvgIpc) is 2.72. The summed E-state index contributed by atoms with van der Waals surface area (Å²) in [6.07, 6.45) is 0.933.